The molecule has 152 valence electrons. The minimum atomic E-state index is -0.196. The van der Waals surface area contributed by atoms with Crippen LogP contribution < -0.4 is 10.1 Å². The molecule has 0 aromatic heterocycles. The number of ether oxygens (including phenoxy) is 1. The highest BCUT2D eigenvalue weighted by molar-refractivity contribution is 5.87. The molecule has 0 aliphatic heterocycles. The van der Waals surface area contributed by atoms with Gasteiger partial charge < -0.3 is 10.1 Å². The van der Waals surface area contributed by atoms with Crippen molar-refractivity contribution in [2.45, 2.75) is 26.5 Å². The molecule has 0 aliphatic carbocycles. The van der Waals surface area contributed by atoms with Gasteiger partial charge in [-0.2, -0.15) is 0 Å². The summed E-state index contributed by atoms with van der Waals surface area (Å²) >= 11 is 0. The molecule has 0 radical (unpaired) electrons. The van der Waals surface area contributed by atoms with E-state index in [9.17, 15) is 4.39 Å². The van der Waals surface area contributed by atoms with Gasteiger partial charge in [-0.25, -0.2) is 4.39 Å². The van der Waals surface area contributed by atoms with Gasteiger partial charge in [0, 0.05) is 12.1 Å². The van der Waals surface area contributed by atoms with E-state index in [1.807, 2.05) is 24.3 Å². The van der Waals surface area contributed by atoms with Crippen LogP contribution in [0.25, 0.3) is 10.8 Å². The highest BCUT2D eigenvalue weighted by Gasteiger charge is 2.10. The Hall–Kier alpha value is -3.17. The number of rotatable bonds is 8. The first-order valence-electron chi connectivity index (χ1n) is 10.3. The van der Waals surface area contributed by atoms with Crippen molar-refractivity contribution in [2.75, 3.05) is 6.54 Å². The second kappa shape index (κ2) is 9.55. The van der Waals surface area contributed by atoms with E-state index in [1.165, 1.54) is 39.6 Å². The van der Waals surface area contributed by atoms with Crippen LogP contribution in [0.1, 0.15) is 22.3 Å². The molecule has 3 heteroatoms. The Bertz CT molecular complexity index is 1120. The van der Waals surface area contributed by atoms with Gasteiger partial charge in [-0.3, -0.25) is 0 Å². The van der Waals surface area contributed by atoms with Crippen LogP contribution in [0.2, 0.25) is 0 Å². The average Bonchev–Trinajstić information content (AvgIpc) is 2.78. The van der Waals surface area contributed by atoms with E-state index in [2.05, 4.69) is 60.8 Å². The molecule has 0 saturated heterocycles. The molecule has 0 fully saturated rings. The summed E-state index contributed by atoms with van der Waals surface area (Å²) in [5, 5.41) is 5.94. The zero-order valence-corrected chi connectivity index (χ0v) is 17.2. The molecule has 0 spiro atoms. The number of benzene rings is 4. The molecule has 0 atom stereocenters. The van der Waals surface area contributed by atoms with Gasteiger partial charge in [0.15, 0.2) is 0 Å². The van der Waals surface area contributed by atoms with E-state index in [0.29, 0.717) is 13.2 Å². The molecule has 2 nitrogen and oxygen atoms in total. The van der Waals surface area contributed by atoms with Crippen molar-refractivity contribution < 1.29 is 9.13 Å². The van der Waals surface area contributed by atoms with Crippen LogP contribution in [0.4, 0.5) is 4.39 Å². The number of aryl methyl sites for hydroxylation is 1. The quantitative estimate of drug-likeness (QED) is 0.356. The van der Waals surface area contributed by atoms with E-state index < -0.39 is 0 Å². The van der Waals surface area contributed by atoms with Gasteiger partial charge >= 0.3 is 0 Å². The SMILES string of the molecule is Cc1ccccc1COc1ccc2ccccc2c1CNCCc1ccc(F)cc1. The van der Waals surface area contributed by atoms with Crippen molar-refractivity contribution in [1.82, 2.24) is 5.32 Å². The second-order valence-electron chi connectivity index (χ2n) is 7.53. The van der Waals surface area contributed by atoms with Crippen molar-refractivity contribution in [2.24, 2.45) is 0 Å². The fourth-order valence-electron chi connectivity index (χ4n) is 3.66. The highest BCUT2D eigenvalue weighted by atomic mass is 19.1. The summed E-state index contributed by atoms with van der Waals surface area (Å²) in [5.41, 5.74) is 4.72. The molecule has 1 N–H and O–H groups in total. The van der Waals surface area contributed by atoms with Crippen LogP contribution in [0.5, 0.6) is 5.75 Å². The van der Waals surface area contributed by atoms with E-state index in [0.717, 1.165) is 24.3 Å². The lowest BCUT2D eigenvalue weighted by molar-refractivity contribution is 0.302. The predicted octanol–water partition coefficient (Wildman–Crippen LogP) is 6.20. The first-order chi connectivity index (χ1) is 14.7. The third-order valence-corrected chi connectivity index (χ3v) is 5.45. The topological polar surface area (TPSA) is 21.3 Å². The maximum absolute atomic E-state index is 13.1. The molecule has 0 bridgehead atoms. The first-order valence-corrected chi connectivity index (χ1v) is 10.3. The van der Waals surface area contributed by atoms with Crippen LogP contribution in [-0.2, 0) is 19.6 Å². The summed E-state index contributed by atoms with van der Waals surface area (Å²) in [6.07, 6.45) is 0.852. The normalized spacial score (nSPS) is 11.0. The lowest BCUT2D eigenvalue weighted by atomic mass is 10.0. The molecule has 4 rings (SSSR count). The average molecular weight is 400 g/mol. The Morgan fingerprint density at radius 1 is 0.833 bits per heavy atom. The summed E-state index contributed by atoms with van der Waals surface area (Å²) in [4.78, 5) is 0. The van der Waals surface area contributed by atoms with Crippen LogP contribution in [0.3, 0.4) is 0 Å². The zero-order chi connectivity index (χ0) is 20.8. The molecule has 0 heterocycles. The molecule has 30 heavy (non-hydrogen) atoms. The highest BCUT2D eigenvalue weighted by Crippen LogP contribution is 2.29. The Labute approximate surface area is 177 Å². The van der Waals surface area contributed by atoms with E-state index in [1.54, 1.807) is 0 Å². The molecule has 0 saturated carbocycles. The standard InChI is InChI=1S/C27H26FNO/c1-20-6-2-3-8-23(20)19-30-27-15-12-22-7-4-5-9-25(22)26(27)18-29-17-16-21-10-13-24(28)14-11-21/h2-15,29H,16-19H2,1H3. The molecule has 4 aromatic rings. The van der Waals surface area contributed by atoms with E-state index in [4.69, 9.17) is 4.74 Å². The van der Waals surface area contributed by atoms with Crippen molar-refractivity contribution >= 4 is 10.8 Å². The smallest absolute Gasteiger partial charge is 0.124 e. The fourth-order valence-corrected chi connectivity index (χ4v) is 3.66. The minimum Gasteiger partial charge on any atom is -0.489 e. The molecular formula is C27H26FNO. The van der Waals surface area contributed by atoms with E-state index >= 15 is 0 Å². The fraction of sp³-hybridized carbons (Fsp3) is 0.185. The van der Waals surface area contributed by atoms with Crippen molar-refractivity contribution in [3.63, 3.8) is 0 Å². The van der Waals surface area contributed by atoms with Crippen LogP contribution in [0, 0.1) is 12.7 Å². The van der Waals surface area contributed by atoms with Crippen LogP contribution in [0.15, 0.2) is 84.9 Å². The third-order valence-electron chi connectivity index (χ3n) is 5.45. The largest absolute Gasteiger partial charge is 0.489 e. The van der Waals surface area contributed by atoms with Gasteiger partial charge in [0.25, 0.3) is 0 Å². The summed E-state index contributed by atoms with van der Waals surface area (Å²) in [6.45, 7) is 4.18. The first kappa shape index (κ1) is 20.1. The van der Waals surface area contributed by atoms with E-state index in [-0.39, 0.29) is 5.82 Å². The van der Waals surface area contributed by atoms with Crippen LogP contribution >= 0.6 is 0 Å². The number of fused-ring (bicyclic) bond motifs is 1. The van der Waals surface area contributed by atoms with Gasteiger partial charge in [0.2, 0.25) is 0 Å². The van der Waals surface area contributed by atoms with Crippen molar-refractivity contribution in [1.29, 1.82) is 0 Å². The Morgan fingerprint density at radius 3 is 2.43 bits per heavy atom. The molecule has 0 amide bonds. The Balaban J connectivity index is 1.48. The minimum absolute atomic E-state index is 0.196. The molecule has 0 unspecified atom stereocenters. The summed E-state index contributed by atoms with van der Waals surface area (Å²) in [7, 11) is 0. The maximum atomic E-state index is 13.1. The lowest BCUT2D eigenvalue weighted by Crippen LogP contribution is -2.17. The molecular weight excluding hydrogens is 373 g/mol. The summed E-state index contributed by atoms with van der Waals surface area (Å²) in [5.74, 6) is 0.712. The third kappa shape index (κ3) is 4.87. The second-order valence-corrected chi connectivity index (χ2v) is 7.53. The predicted molar refractivity (Wildman–Crippen MR) is 121 cm³/mol. The zero-order valence-electron chi connectivity index (χ0n) is 17.2. The van der Waals surface area contributed by atoms with Gasteiger partial charge in [-0.1, -0.05) is 66.7 Å². The number of nitrogens with one attached hydrogen (secondary N) is 1. The lowest BCUT2D eigenvalue weighted by Gasteiger charge is -2.16. The Morgan fingerprint density at radius 2 is 1.60 bits per heavy atom. The van der Waals surface area contributed by atoms with Crippen LogP contribution in [-0.4, -0.2) is 6.54 Å². The number of hydrogen-bond acceptors (Lipinski definition) is 2. The van der Waals surface area contributed by atoms with Gasteiger partial charge in [0.1, 0.15) is 18.2 Å². The summed E-state index contributed by atoms with van der Waals surface area (Å²) in [6, 6.07) is 27.6. The van der Waals surface area contributed by atoms with Crippen molar-refractivity contribution in [3.8, 4) is 5.75 Å². The molecule has 4 aromatic carbocycles. The monoisotopic (exact) mass is 399 g/mol. The summed E-state index contributed by atoms with van der Waals surface area (Å²) < 4.78 is 19.3. The maximum Gasteiger partial charge on any atom is 0.124 e. The Kier molecular flexibility index (Phi) is 6.41. The van der Waals surface area contributed by atoms with Gasteiger partial charge in [0.05, 0.1) is 0 Å². The number of hydrogen-bond donors (Lipinski definition) is 1. The molecule has 0 aliphatic rings. The van der Waals surface area contributed by atoms with Crippen molar-refractivity contribution in [3.05, 3.63) is 113 Å². The van der Waals surface area contributed by atoms with Gasteiger partial charge in [-0.15, -0.1) is 0 Å². The van der Waals surface area contributed by atoms with Gasteiger partial charge in [-0.05, 0) is 65.6 Å². The number of halogens is 1.